The molecule has 2 aliphatic rings. The molecule has 0 aromatic rings. The van der Waals surface area contributed by atoms with E-state index < -0.39 is 0 Å². The smallest absolute Gasteiger partial charge is 0.00179 e. The Kier molecular flexibility index (Phi) is 2.18. The van der Waals surface area contributed by atoms with Crippen molar-refractivity contribution < 1.29 is 0 Å². The summed E-state index contributed by atoms with van der Waals surface area (Å²) in [5.41, 5.74) is 7.07. The minimum absolute atomic E-state index is 0.591. The zero-order chi connectivity index (χ0) is 9.53. The number of rotatable bonds is 2. The second kappa shape index (κ2) is 2.98. The Morgan fingerprint density at radius 3 is 2.38 bits per heavy atom. The molecule has 2 rings (SSSR count). The quantitative estimate of drug-likeness (QED) is 0.696. The van der Waals surface area contributed by atoms with Gasteiger partial charge < -0.3 is 5.73 Å². The van der Waals surface area contributed by atoms with E-state index in [0.29, 0.717) is 10.8 Å². The van der Waals surface area contributed by atoms with Crippen LogP contribution in [0, 0.1) is 16.7 Å². The Labute approximate surface area is 82.1 Å². The monoisotopic (exact) mass is 181 g/mol. The van der Waals surface area contributed by atoms with Gasteiger partial charge >= 0.3 is 0 Å². The van der Waals surface area contributed by atoms with Crippen molar-refractivity contribution in [3.8, 4) is 0 Å². The van der Waals surface area contributed by atoms with E-state index in [1.807, 2.05) is 0 Å². The first-order valence-corrected chi connectivity index (χ1v) is 5.78. The lowest BCUT2D eigenvalue weighted by atomic mass is 9.67. The molecule has 0 aromatic heterocycles. The van der Waals surface area contributed by atoms with E-state index in [2.05, 4.69) is 13.8 Å². The highest BCUT2D eigenvalue weighted by Crippen LogP contribution is 2.58. The summed E-state index contributed by atoms with van der Waals surface area (Å²) in [7, 11) is 0. The average molecular weight is 181 g/mol. The van der Waals surface area contributed by atoms with E-state index in [1.54, 1.807) is 0 Å². The standard InChI is InChI=1S/C12H23N/c1-11(2)5-3-4-10(8-11)12(9-13)6-7-12/h10H,3-9,13H2,1-2H3. The highest BCUT2D eigenvalue weighted by molar-refractivity contribution is 5.01. The van der Waals surface area contributed by atoms with Crippen molar-refractivity contribution in [2.24, 2.45) is 22.5 Å². The molecule has 1 unspecified atom stereocenters. The molecule has 1 atom stereocenters. The molecule has 0 bridgehead atoms. The van der Waals surface area contributed by atoms with Gasteiger partial charge in [0.2, 0.25) is 0 Å². The van der Waals surface area contributed by atoms with Crippen LogP contribution < -0.4 is 5.73 Å². The normalized spacial score (nSPS) is 35.8. The van der Waals surface area contributed by atoms with Gasteiger partial charge in [-0.05, 0) is 55.4 Å². The fourth-order valence-corrected chi connectivity index (χ4v) is 3.16. The molecule has 1 nitrogen and oxygen atoms in total. The van der Waals surface area contributed by atoms with E-state index in [4.69, 9.17) is 5.73 Å². The van der Waals surface area contributed by atoms with E-state index in [1.165, 1.54) is 38.5 Å². The maximum atomic E-state index is 5.89. The van der Waals surface area contributed by atoms with Crippen LogP contribution in [0.25, 0.3) is 0 Å². The molecule has 0 radical (unpaired) electrons. The lowest BCUT2D eigenvalue weighted by Gasteiger charge is -2.39. The number of hydrogen-bond donors (Lipinski definition) is 1. The first-order chi connectivity index (χ1) is 6.08. The van der Waals surface area contributed by atoms with E-state index >= 15 is 0 Å². The van der Waals surface area contributed by atoms with Crippen LogP contribution in [-0.4, -0.2) is 6.54 Å². The molecule has 0 saturated heterocycles. The van der Waals surface area contributed by atoms with Crippen LogP contribution >= 0.6 is 0 Å². The minimum atomic E-state index is 0.591. The van der Waals surface area contributed by atoms with Crippen LogP contribution in [-0.2, 0) is 0 Å². The third-order valence-corrected chi connectivity index (χ3v) is 4.37. The third kappa shape index (κ3) is 1.76. The number of hydrogen-bond acceptors (Lipinski definition) is 1. The van der Waals surface area contributed by atoms with E-state index in [9.17, 15) is 0 Å². The Bertz CT molecular complexity index is 191. The van der Waals surface area contributed by atoms with Gasteiger partial charge in [-0.1, -0.05) is 20.3 Å². The molecular formula is C12H23N. The van der Waals surface area contributed by atoms with Crippen LogP contribution in [0.3, 0.4) is 0 Å². The van der Waals surface area contributed by atoms with Crippen LogP contribution in [0.15, 0.2) is 0 Å². The molecule has 76 valence electrons. The fourth-order valence-electron chi connectivity index (χ4n) is 3.16. The average Bonchev–Trinajstić information content (AvgIpc) is 2.82. The molecule has 0 aliphatic heterocycles. The Hall–Kier alpha value is -0.0400. The third-order valence-electron chi connectivity index (χ3n) is 4.37. The van der Waals surface area contributed by atoms with Crippen LogP contribution in [0.4, 0.5) is 0 Å². The maximum absolute atomic E-state index is 5.89. The summed E-state index contributed by atoms with van der Waals surface area (Å²) >= 11 is 0. The van der Waals surface area contributed by atoms with Crippen molar-refractivity contribution in [3.05, 3.63) is 0 Å². The predicted octanol–water partition coefficient (Wildman–Crippen LogP) is 2.94. The summed E-state index contributed by atoms with van der Waals surface area (Å²) in [5, 5.41) is 0. The maximum Gasteiger partial charge on any atom is -0.00179 e. The lowest BCUT2D eigenvalue weighted by molar-refractivity contribution is 0.125. The van der Waals surface area contributed by atoms with Crippen molar-refractivity contribution >= 4 is 0 Å². The first-order valence-electron chi connectivity index (χ1n) is 5.78. The predicted molar refractivity (Wildman–Crippen MR) is 56.5 cm³/mol. The van der Waals surface area contributed by atoms with Gasteiger partial charge in [0.15, 0.2) is 0 Å². The second-order valence-electron chi connectivity index (χ2n) is 6.02. The summed E-state index contributed by atoms with van der Waals surface area (Å²) < 4.78 is 0. The Morgan fingerprint density at radius 2 is 1.92 bits per heavy atom. The van der Waals surface area contributed by atoms with Gasteiger partial charge in [0.25, 0.3) is 0 Å². The zero-order valence-electron chi connectivity index (χ0n) is 9.10. The molecule has 13 heavy (non-hydrogen) atoms. The molecule has 0 aromatic carbocycles. The summed E-state index contributed by atoms with van der Waals surface area (Å²) in [6.07, 6.45) is 8.53. The van der Waals surface area contributed by atoms with Gasteiger partial charge in [-0.15, -0.1) is 0 Å². The van der Waals surface area contributed by atoms with Gasteiger partial charge in [-0.3, -0.25) is 0 Å². The largest absolute Gasteiger partial charge is 0.330 e. The molecule has 0 heterocycles. The first kappa shape index (κ1) is 9.51. The zero-order valence-corrected chi connectivity index (χ0v) is 9.10. The summed E-state index contributed by atoms with van der Waals surface area (Å²) in [5.74, 6) is 0.946. The summed E-state index contributed by atoms with van der Waals surface area (Å²) in [6, 6.07) is 0. The minimum Gasteiger partial charge on any atom is -0.330 e. The van der Waals surface area contributed by atoms with Gasteiger partial charge in [0, 0.05) is 0 Å². The van der Waals surface area contributed by atoms with Crippen LogP contribution in [0.1, 0.15) is 52.4 Å². The molecule has 2 fully saturated rings. The van der Waals surface area contributed by atoms with Crippen molar-refractivity contribution in [3.63, 3.8) is 0 Å². The van der Waals surface area contributed by atoms with Crippen molar-refractivity contribution in [1.82, 2.24) is 0 Å². The Morgan fingerprint density at radius 1 is 1.23 bits per heavy atom. The van der Waals surface area contributed by atoms with Crippen molar-refractivity contribution in [2.45, 2.75) is 52.4 Å². The summed E-state index contributed by atoms with van der Waals surface area (Å²) in [4.78, 5) is 0. The van der Waals surface area contributed by atoms with Gasteiger partial charge in [-0.25, -0.2) is 0 Å². The highest BCUT2D eigenvalue weighted by atomic mass is 14.7. The molecule has 0 amide bonds. The van der Waals surface area contributed by atoms with Crippen molar-refractivity contribution in [2.75, 3.05) is 6.54 Å². The van der Waals surface area contributed by atoms with Crippen LogP contribution in [0.2, 0.25) is 0 Å². The molecule has 2 aliphatic carbocycles. The molecule has 2 N–H and O–H groups in total. The van der Waals surface area contributed by atoms with E-state index in [-0.39, 0.29) is 0 Å². The molecule has 0 spiro atoms. The van der Waals surface area contributed by atoms with Crippen LogP contribution in [0.5, 0.6) is 0 Å². The highest BCUT2D eigenvalue weighted by Gasteiger charge is 2.49. The van der Waals surface area contributed by atoms with Gasteiger partial charge in [0.05, 0.1) is 0 Å². The fraction of sp³-hybridized carbons (Fsp3) is 1.00. The molecule has 1 heteroatoms. The van der Waals surface area contributed by atoms with Gasteiger partial charge in [0.1, 0.15) is 0 Å². The van der Waals surface area contributed by atoms with Gasteiger partial charge in [-0.2, -0.15) is 0 Å². The SMILES string of the molecule is CC1(C)CCCC(C2(CN)CC2)C1. The Balaban J connectivity index is 2.00. The second-order valence-corrected chi connectivity index (χ2v) is 6.02. The molecular weight excluding hydrogens is 158 g/mol. The lowest BCUT2D eigenvalue weighted by Crippen LogP contribution is -2.32. The molecule has 2 saturated carbocycles. The van der Waals surface area contributed by atoms with E-state index in [0.717, 1.165) is 12.5 Å². The topological polar surface area (TPSA) is 26.0 Å². The van der Waals surface area contributed by atoms with Crippen molar-refractivity contribution in [1.29, 1.82) is 0 Å². The summed E-state index contributed by atoms with van der Waals surface area (Å²) in [6.45, 7) is 5.78. The number of nitrogens with two attached hydrogens (primary N) is 1.